The summed E-state index contributed by atoms with van der Waals surface area (Å²) in [5.41, 5.74) is 3.42. The summed E-state index contributed by atoms with van der Waals surface area (Å²) in [5, 5.41) is -0.215. The zero-order chi connectivity index (χ0) is 22.0. The van der Waals surface area contributed by atoms with Crippen molar-refractivity contribution in [1.82, 2.24) is 0 Å². The van der Waals surface area contributed by atoms with Gasteiger partial charge in [0.1, 0.15) is 11.1 Å². The van der Waals surface area contributed by atoms with Crippen molar-refractivity contribution in [2.45, 2.75) is 49.6 Å². The number of hydrogen-bond acceptors (Lipinski definition) is 4. The molecule has 1 fully saturated rings. The lowest BCUT2D eigenvalue weighted by molar-refractivity contribution is -0.189. The molecule has 0 bridgehead atoms. The lowest BCUT2D eigenvalue weighted by atomic mass is 10.0. The monoisotopic (exact) mass is 496 g/mol. The Labute approximate surface area is 198 Å². The van der Waals surface area contributed by atoms with Gasteiger partial charge in [-0.05, 0) is 16.7 Å². The van der Waals surface area contributed by atoms with Crippen molar-refractivity contribution in [3.05, 3.63) is 108 Å². The van der Waals surface area contributed by atoms with E-state index in [0.717, 1.165) is 23.1 Å². The molecule has 3 aromatic carbocycles. The van der Waals surface area contributed by atoms with Crippen LogP contribution < -0.4 is 0 Å². The quantitative estimate of drug-likeness (QED) is 0.328. The molecule has 0 radical (unpaired) electrons. The van der Waals surface area contributed by atoms with Crippen molar-refractivity contribution in [3.8, 4) is 0 Å². The Morgan fingerprint density at radius 1 is 0.656 bits per heavy atom. The molecule has 0 amide bonds. The first-order valence-electron chi connectivity index (χ1n) is 11.0. The molecule has 0 saturated carbocycles. The molecule has 32 heavy (non-hydrogen) atoms. The fraction of sp³-hybridized carbons (Fsp3) is 0.333. The summed E-state index contributed by atoms with van der Waals surface area (Å²) in [4.78, 5) is 0. The number of rotatable bonds is 10. The molecule has 1 aliphatic rings. The molecule has 0 aliphatic carbocycles. The number of ether oxygens (including phenoxy) is 4. The molecular formula is C27H29BrO4. The third-order valence-corrected chi connectivity index (χ3v) is 6.29. The maximum absolute atomic E-state index is 6.31. The number of halogens is 1. The zero-order valence-electron chi connectivity index (χ0n) is 18.0. The van der Waals surface area contributed by atoms with Crippen molar-refractivity contribution in [2.75, 3.05) is 6.61 Å². The average molecular weight is 497 g/mol. The summed E-state index contributed by atoms with van der Waals surface area (Å²) in [6.07, 6.45) is 0.319. The summed E-state index contributed by atoms with van der Waals surface area (Å²) >= 11 is 3.67. The van der Waals surface area contributed by atoms with Crippen LogP contribution in [0.2, 0.25) is 0 Å². The maximum Gasteiger partial charge on any atom is 0.139 e. The Morgan fingerprint density at radius 3 is 1.66 bits per heavy atom. The van der Waals surface area contributed by atoms with Crippen molar-refractivity contribution in [2.24, 2.45) is 0 Å². The number of hydrogen-bond donors (Lipinski definition) is 0. The van der Waals surface area contributed by atoms with Crippen LogP contribution in [0, 0.1) is 0 Å². The molecule has 0 unspecified atom stereocenters. The van der Waals surface area contributed by atoms with Crippen LogP contribution in [-0.4, -0.2) is 29.9 Å². The van der Waals surface area contributed by atoms with Gasteiger partial charge in [-0.2, -0.15) is 0 Å². The Morgan fingerprint density at radius 2 is 1.12 bits per heavy atom. The molecule has 168 valence electrons. The fourth-order valence-electron chi connectivity index (χ4n) is 3.72. The van der Waals surface area contributed by atoms with Crippen molar-refractivity contribution >= 4 is 15.9 Å². The number of benzene rings is 3. The van der Waals surface area contributed by atoms with Crippen molar-refractivity contribution < 1.29 is 18.9 Å². The van der Waals surface area contributed by atoms with Gasteiger partial charge in [0, 0.05) is 6.42 Å². The minimum atomic E-state index is -0.215. The summed E-state index contributed by atoms with van der Waals surface area (Å²) in [6, 6.07) is 30.5. The lowest BCUT2D eigenvalue weighted by Crippen LogP contribution is -2.48. The molecule has 5 heteroatoms. The van der Waals surface area contributed by atoms with E-state index in [-0.39, 0.29) is 23.3 Å². The van der Waals surface area contributed by atoms with Gasteiger partial charge in [0.15, 0.2) is 0 Å². The van der Waals surface area contributed by atoms with Crippen LogP contribution in [-0.2, 0) is 38.8 Å². The molecule has 4 atom stereocenters. The highest BCUT2D eigenvalue weighted by Gasteiger charge is 2.38. The molecule has 1 aliphatic heterocycles. The van der Waals surface area contributed by atoms with E-state index in [1.54, 1.807) is 0 Å². The van der Waals surface area contributed by atoms with E-state index in [0.29, 0.717) is 26.4 Å². The largest absolute Gasteiger partial charge is 0.374 e. The zero-order valence-corrected chi connectivity index (χ0v) is 19.6. The lowest BCUT2D eigenvalue weighted by Gasteiger charge is -2.39. The Balaban J connectivity index is 1.36. The van der Waals surface area contributed by atoms with Crippen LogP contribution in [0.1, 0.15) is 23.1 Å². The van der Waals surface area contributed by atoms with E-state index in [2.05, 4.69) is 52.3 Å². The second-order valence-corrected chi connectivity index (χ2v) is 8.83. The van der Waals surface area contributed by atoms with Crippen molar-refractivity contribution in [3.63, 3.8) is 0 Å². The van der Waals surface area contributed by atoms with Gasteiger partial charge in [-0.25, -0.2) is 0 Å². The highest BCUT2D eigenvalue weighted by molar-refractivity contribution is 9.09. The average Bonchev–Trinajstić information content (AvgIpc) is 2.85. The second-order valence-electron chi connectivity index (χ2n) is 7.93. The van der Waals surface area contributed by atoms with Gasteiger partial charge in [-0.15, -0.1) is 0 Å². The van der Waals surface area contributed by atoms with E-state index >= 15 is 0 Å². The summed E-state index contributed by atoms with van der Waals surface area (Å²) < 4.78 is 24.8. The molecule has 1 heterocycles. The van der Waals surface area contributed by atoms with E-state index in [1.165, 1.54) is 0 Å². The Bertz CT molecular complexity index is 907. The molecule has 4 nitrogen and oxygen atoms in total. The molecular weight excluding hydrogens is 468 g/mol. The standard InChI is InChI=1S/C27H29BrO4/c28-27-25(31-19-23-14-8-3-9-15-23)16-24(30-18-22-12-6-2-7-13-22)26(32-27)20-29-17-21-10-4-1-5-11-21/h1-15,24-27H,16-20H2/t24-,25+,26+,27-/m0/s1. The topological polar surface area (TPSA) is 36.9 Å². The first kappa shape index (κ1) is 23.1. The van der Waals surface area contributed by atoms with Gasteiger partial charge in [0.2, 0.25) is 0 Å². The number of alkyl halides is 1. The van der Waals surface area contributed by atoms with Crippen LogP contribution >= 0.6 is 15.9 Å². The molecule has 1 saturated heterocycles. The van der Waals surface area contributed by atoms with Gasteiger partial charge >= 0.3 is 0 Å². The van der Waals surface area contributed by atoms with E-state index in [9.17, 15) is 0 Å². The van der Waals surface area contributed by atoms with E-state index in [4.69, 9.17) is 18.9 Å². The molecule has 0 spiro atoms. The van der Waals surface area contributed by atoms with Gasteiger partial charge in [0.05, 0.1) is 38.6 Å². The first-order chi connectivity index (χ1) is 15.8. The Hall–Kier alpha value is -2.02. The normalized spacial score (nSPS) is 23.2. The third kappa shape index (κ3) is 6.99. The van der Waals surface area contributed by atoms with Crippen LogP contribution in [0.15, 0.2) is 91.0 Å². The van der Waals surface area contributed by atoms with Gasteiger partial charge in [-0.1, -0.05) is 107 Å². The van der Waals surface area contributed by atoms with Crippen LogP contribution in [0.4, 0.5) is 0 Å². The summed E-state index contributed by atoms with van der Waals surface area (Å²) in [7, 11) is 0. The molecule has 3 aromatic rings. The minimum Gasteiger partial charge on any atom is -0.374 e. The Kier molecular flexibility index (Phi) is 8.88. The van der Waals surface area contributed by atoms with Crippen LogP contribution in [0.5, 0.6) is 0 Å². The fourth-order valence-corrected chi connectivity index (χ4v) is 4.36. The second kappa shape index (κ2) is 12.3. The third-order valence-electron chi connectivity index (χ3n) is 5.48. The van der Waals surface area contributed by atoms with Crippen molar-refractivity contribution in [1.29, 1.82) is 0 Å². The maximum atomic E-state index is 6.31. The van der Waals surface area contributed by atoms with Gasteiger partial charge < -0.3 is 18.9 Å². The van der Waals surface area contributed by atoms with Gasteiger partial charge in [-0.3, -0.25) is 0 Å². The highest BCUT2D eigenvalue weighted by Crippen LogP contribution is 2.30. The van der Waals surface area contributed by atoms with E-state index in [1.807, 2.05) is 54.6 Å². The first-order valence-corrected chi connectivity index (χ1v) is 11.9. The SMILES string of the molecule is Br[C@H]1O[C@H](COCc2ccccc2)[C@@H](OCc2ccccc2)C[C@H]1OCc1ccccc1. The highest BCUT2D eigenvalue weighted by atomic mass is 79.9. The summed E-state index contributed by atoms with van der Waals surface area (Å²) in [5.74, 6) is 0. The predicted molar refractivity (Wildman–Crippen MR) is 128 cm³/mol. The van der Waals surface area contributed by atoms with Gasteiger partial charge in [0.25, 0.3) is 0 Å². The smallest absolute Gasteiger partial charge is 0.139 e. The van der Waals surface area contributed by atoms with Crippen LogP contribution in [0.25, 0.3) is 0 Å². The molecule has 0 aromatic heterocycles. The summed E-state index contributed by atoms with van der Waals surface area (Å²) in [6.45, 7) is 2.08. The van der Waals surface area contributed by atoms with E-state index < -0.39 is 0 Å². The minimum absolute atomic E-state index is 0.110. The van der Waals surface area contributed by atoms with Crippen LogP contribution in [0.3, 0.4) is 0 Å². The molecule has 0 N–H and O–H groups in total. The predicted octanol–water partition coefficient (Wildman–Crippen LogP) is 5.88. The molecule has 4 rings (SSSR count).